The molecule has 0 unspecified atom stereocenters. The highest BCUT2D eigenvalue weighted by molar-refractivity contribution is 5.86. The number of ether oxygens (including phenoxy) is 2. The van der Waals surface area contributed by atoms with Gasteiger partial charge in [0.2, 0.25) is 5.76 Å². The highest BCUT2D eigenvalue weighted by Gasteiger charge is 2.17. The minimum absolute atomic E-state index is 0.00304. The highest BCUT2D eigenvalue weighted by atomic mass is 16.6. The topological polar surface area (TPSA) is 98.5 Å². The molecule has 0 atom stereocenters. The lowest BCUT2D eigenvalue weighted by Gasteiger charge is -2.09. The van der Waals surface area contributed by atoms with Crippen molar-refractivity contribution in [3.05, 3.63) is 63.9 Å². The lowest BCUT2D eigenvalue weighted by atomic mass is 10.2. The van der Waals surface area contributed by atoms with Gasteiger partial charge in [0.05, 0.1) is 17.4 Å². The summed E-state index contributed by atoms with van der Waals surface area (Å²) < 4.78 is 16.4. The molecule has 0 amide bonds. The van der Waals surface area contributed by atoms with Crippen molar-refractivity contribution >= 4 is 16.7 Å². The maximum Gasteiger partial charge on any atom is 0.270 e. The molecule has 2 aromatic carbocycles. The molecule has 0 bridgehead atoms. The van der Waals surface area contributed by atoms with E-state index < -0.39 is 4.92 Å². The van der Waals surface area contributed by atoms with Gasteiger partial charge in [-0.15, -0.1) is 0 Å². The molecule has 7 nitrogen and oxygen atoms in total. The molecule has 0 radical (unpaired) electrons. The Kier molecular flexibility index (Phi) is 4.03. The van der Waals surface area contributed by atoms with Crippen LogP contribution in [0.25, 0.3) is 11.0 Å². The summed E-state index contributed by atoms with van der Waals surface area (Å²) >= 11 is 0. The van der Waals surface area contributed by atoms with Gasteiger partial charge in [-0.25, -0.2) is 0 Å². The first kappa shape index (κ1) is 15.4. The standard InChI is InChI=1S/C17H12N2O5/c1-22-14-7-6-12(19(20)21)8-11(14)10-23-17-13-4-2-3-5-15(13)24-16(17)9-18/h2-8H,10H2,1H3. The Morgan fingerprint density at radius 3 is 2.79 bits per heavy atom. The van der Waals surface area contributed by atoms with Gasteiger partial charge in [-0.3, -0.25) is 10.1 Å². The van der Waals surface area contributed by atoms with Crippen LogP contribution in [-0.2, 0) is 6.61 Å². The average molecular weight is 324 g/mol. The molecule has 0 saturated heterocycles. The number of methoxy groups -OCH3 is 1. The van der Waals surface area contributed by atoms with Crippen molar-refractivity contribution < 1.29 is 18.8 Å². The van der Waals surface area contributed by atoms with E-state index in [1.54, 1.807) is 24.3 Å². The van der Waals surface area contributed by atoms with Gasteiger partial charge in [-0.1, -0.05) is 12.1 Å². The van der Waals surface area contributed by atoms with Gasteiger partial charge >= 0.3 is 0 Å². The zero-order valence-corrected chi connectivity index (χ0v) is 12.7. The molecule has 24 heavy (non-hydrogen) atoms. The van der Waals surface area contributed by atoms with E-state index in [0.717, 1.165) is 0 Å². The van der Waals surface area contributed by atoms with E-state index in [0.29, 0.717) is 28.0 Å². The fourth-order valence-corrected chi connectivity index (χ4v) is 2.38. The Morgan fingerprint density at radius 2 is 2.08 bits per heavy atom. The van der Waals surface area contributed by atoms with Crippen LogP contribution in [0.1, 0.15) is 11.3 Å². The molecule has 3 aromatic rings. The summed E-state index contributed by atoms with van der Waals surface area (Å²) in [5, 5.41) is 20.8. The van der Waals surface area contributed by atoms with Gasteiger partial charge in [0, 0.05) is 17.7 Å². The number of hydrogen-bond donors (Lipinski definition) is 0. The zero-order valence-electron chi connectivity index (χ0n) is 12.7. The van der Waals surface area contributed by atoms with Crippen molar-refractivity contribution in [2.24, 2.45) is 0 Å². The third kappa shape index (κ3) is 2.73. The number of hydrogen-bond acceptors (Lipinski definition) is 6. The number of benzene rings is 2. The van der Waals surface area contributed by atoms with E-state index in [2.05, 4.69) is 0 Å². The monoisotopic (exact) mass is 324 g/mol. The number of fused-ring (bicyclic) bond motifs is 1. The SMILES string of the molecule is COc1ccc([N+](=O)[O-])cc1COc1c(C#N)oc2ccccc12. The largest absolute Gasteiger partial charge is 0.496 e. The van der Waals surface area contributed by atoms with Crippen LogP contribution in [0.5, 0.6) is 11.5 Å². The van der Waals surface area contributed by atoms with E-state index >= 15 is 0 Å². The first-order valence-electron chi connectivity index (χ1n) is 6.99. The number of rotatable bonds is 5. The Hall–Kier alpha value is -3.53. The van der Waals surface area contributed by atoms with Gasteiger partial charge in [0.15, 0.2) is 5.75 Å². The second kappa shape index (κ2) is 6.30. The Bertz CT molecular complexity index is 955. The third-order valence-electron chi connectivity index (χ3n) is 3.50. The summed E-state index contributed by atoms with van der Waals surface area (Å²) in [5.41, 5.74) is 0.975. The maximum atomic E-state index is 10.9. The molecule has 0 saturated carbocycles. The minimum Gasteiger partial charge on any atom is -0.496 e. The predicted octanol–water partition coefficient (Wildman–Crippen LogP) is 3.80. The maximum absolute atomic E-state index is 10.9. The van der Waals surface area contributed by atoms with Gasteiger partial charge in [0.1, 0.15) is 24.0 Å². The molecule has 7 heteroatoms. The van der Waals surface area contributed by atoms with Crippen molar-refractivity contribution in [3.63, 3.8) is 0 Å². The summed E-state index contributed by atoms with van der Waals surface area (Å²) in [5.74, 6) is 0.828. The number of nitrogens with zero attached hydrogens (tertiary/aromatic N) is 2. The summed E-state index contributed by atoms with van der Waals surface area (Å²) in [4.78, 5) is 10.4. The number of para-hydroxylation sites is 1. The molecule has 3 rings (SSSR count). The van der Waals surface area contributed by atoms with Crippen LogP contribution in [-0.4, -0.2) is 12.0 Å². The molecular formula is C17H12N2O5. The second-order valence-corrected chi connectivity index (χ2v) is 4.91. The van der Waals surface area contributed by atoms with E-state index in [1.807, 2.05) is 6.07 Å². The fourth-order valence-electron chi connectivity index (χ4n) is 2.38. The van der Waals surface area contributed by atoms with E-state index in [1.165, 1.54) is 25.3 Å². The molecule has 0 spiro atoms. The normalized spacial score (nSPS) is 10.3. The smallest absolute Gasteiger partial charge is 0.270 e. The lowest BCUT2D eigenvalue weighted by molar-refractivity contribution is -0.385. The van der Waals surface area contributed by atoms with Crippen molar-refractivity contribution in [3.8, 4) is 17.6 Å². The Balaban J connectivity index is 1.95. The van der Waals surface area contributed by atoms with Crippen LogP contribution in [0.2, 0.25) is 0 Å². The highest BCUT2D eigenvalue weighted by Crippen LogP contribution is 2.34. The average Bonchev–Trinajstić information content (AvgIpc) is 2.97. The minimum atomic E-state index is -0.489. The van der Waals surface area contributed by atoms with Crippen LogP contribution in [0.4, 0.5) is 5.69 Å². The van der Waals surface area contributed by atoms with Gasteiger partial charge in [-0.05, 0) is 18.2 Å². The summed E-state index contributed by atoms with van der Waals surface area (Å²) in [6.45, 7) is 0.00304. The predicted molar refractivity (Wildman–Crippen MR) is 84.9 cm³/mol. The van der Waals surface area contributed by atoms with Crippen LogP contribution < -0.4 is 9.47 Å². The molecule has 0 aliphatic carbocycles. The Labute approximate surface area is 136 Å². The van der Waals surface area contributed by atoms with Crippen LogP contribution >= 0.6 is 0 Å². The number of nitro benzene ring substituents is 1. The molecule has 1 heterocycles. The summed E-state index contributed by atoms with van der Waals surface area (Å²) in [6, 6.07) is 13.3. The molecule has 0 N–H and O–H groups in total. The molecule has 0 fully saturated rings. The van der Waals surface area contributed by atoms with Crippen LogP contribution in [0.3, 0.4) is 0 Å². The van der Waals surface area contributed by atoms with E-state index in [4.69, 9.17) is 13.9 Å². The van der Waals surface area contributed by atoms with Crippen molar-refractivity contribution in [2.45, 2.75) is 6.61 Å². The van der Waals surface area contributed by atoms with E-state index in [9.17, 15) is 15.4 Å². The summed E-state index contributed by atoms with van der Waals surface area (Å²) in [7, 11) is 1.47. The number of non-ortho nitro benzene ring substituents is 1. The number of nitro groups is 1. The van der Waals surface area contributed by atoms with Crippen molar-refractivity contribution in [1.29, 1.82) is 5.26 Å². The lowest BCUT2D eigenvalue weighted by Crippen LogP contribution is -2.00. The molecule has 120 valence electrons. The zero-order chi connectivity index (χ0) is 17.1. The van der Waals surface area contributed by atoms with Crippen molar-refractivity contribution in [2.75, 3.05) is 7.11 Å². The molecular weight excluding hydrogens is 312 g/mol. The van der Waals surface area contributed by atoms with Gasteiger partial charge in [0.25, 0.3) is 5.69 Å². The van der Waals surface area contributed by atoms with Crippen molar-refractivity contribution in [1.82, 2.24) is 0 Å². The second-order valence-electron chi connectivity index (χ2n) is 4.91. The number of nitriles is 1. The molecule has 0 aliphatic heterocycles. The first-order valence-corrected chi connectivity index (χ1v) is 6.99. The van der Waals surface area contributed by atoms with Crippen LogP contribution in [0, 0.1) is 21.4 Å². The van der Waals surface area contributed by atoms with Crippen LogP contribution in [0.15, 0.2) is 46.9 Å². The van der Waals surface area contributed by atoms with Gasteiger partial charge < -0.3 is 13.9 Å². The Morgan fingerprint density at radius 1 is 1.29 bits per heavy atom. The molecule has 0 aliphatic rings. The first-order chi connectivity index (χ1) is 11.6. The van der Waals surface area contributed by atoms with Gasteiger partial charge in [-0.2, -0.15) is 5.26 Å². The van der Waals surface area contributed by atoms with E-state index in [-0.39, 0.29) is 18.1 Å². The third-order valence-corrected chi connectivity index (χ3v) is 3.50. The molecule has 1 aromatic heterocycles. The number of furan rings is 1. The summed E-state index contributed by atoms with van der Waals surface area (Å²) in [6.07, 6.45) is 0. The fraction of sp³-hybridized carbons (Fsp3) is 0.118. The quantitative estimate of drug-likeness (QED) is 0.523.